The second-order valence-corrected chi connectivity index (χ2v) is 4.76. The largest absolute Gasteiger partial charge is 0.366 e. The highest BCUT2D eigenvalue weighted by atomic mass is 35.5. The Labute approximate surface area is 127 Å². The van der Waals surface area contributed by atoms with Crippen molar-refractivity contribution in [2.45, 2.75) is 25.4 Å². The van der Waals surface area contributed by atoms with Crippen molar-refractivity contribution < 1.29 is 9.53 Å². The molecule has 2 heterocycles. The van der Waals surface area contributed by atoms with Gasteiger partial charge in [-0.15, -0.1) is 24.8 Å². The highest BCUT2D eigenvalue weighted by Crippen LogP contribution is 2.07. The number of hydrogen-bond donors (Lipinski definition) is 2. The molecular weight excluding hydrogens is 289 g/mol. The Morgan fingerprint density at radius 2 is 2.00 bits per heavy atom. The maximum absolute atomic E-state index is 11.7. The Morgan fingerprint density at radius 3 is 2.63 bits per heavy atom. The van der Waals surface area contributed by atoms with Gasteiger partial charge in [0.15, 0.2) is 0 Å². The molecule has 0 aliphatic carbocycles. The maximum atomic E-state index is 11.7. The Balaban J connectivity index is 0.00000162. The number of amides is 1. The van der Waals surface area contributed by atoms with E-state index in [2.05, 4.69) is 15.5 Å². The molecule has 0 aromatic carbocycles. The third kappa shape index (κ3) is 6.77. The monoisotopic (exact) mass is 313 g/mol. The van der Waals surface area contributed by atoms with Gasteiger partial charge in [-0.3, -0.25) is 4.79 Å². The fraction of sp³-hybridized carbons (Fsp3) is 0.917. The van der Waals surface area contributed by atoms with Gasteiger partial charge < -0.3 is 20.3 Å². The smallest absolute Gasteiger partial charge is 0.250 e. The summed E-state index contributed by atoms with van der Waals surface area (Å²) in [6.07, 6.45) is 3.64. The predicted molar refractivity (Wildman–Crippen MR) is 80.4 cm³/mol. The molecule has 19 heavy (non-hydrogen) atoms. The molecule has 1 atom stereocenters. The minimum Gasteiger partial charge on any atom is -0.366 e. The molecular formula is C12H25Cl2N3O2. The Hall–Kier alpha value is -0.0700. The maximum Gasteiger partial charge on any atom is 0.250 e. The molecule has 0 radical (unpaired) electrons. The van der Waals surface area contributed by atoms with Gasteiger partial charge in [0, 0.05) is 26.2 Å². The number of morpholine rings is 1. The van der Waals surface area contributed by atoms with Crippen molar-refractivity contribution in [1.29, 1.82) is 0 Å². The number of halogens is 2. The second kappa shape index (κ2) is 10.7. The first-order valence-corrected chi connectivity index (χ1v) is 6.68. The van der Waals surface area contributed by atoms with Crippen molar-refractivity contribution in [2.75, 3.05) is 45.9 Å². The zero-order valence-electron chi connectivity index (χ0n) is 11.2. The summed E-state index contributed by atoms with van der Waals surface area (Å²) in [5.41, 5.74) is 0. The molecule has 0 aromatic rings. The van der Waals surface area contributed by atoms with E-state index in [1.807, 2.05) is 0 Å². The zero-order valence-corrected chi connectivity index (χ0v) is 12.9. The van der Waals surface area contributed by atoms with Crippen molar-refractivity contribution in [3.8, 4) is 0 Å². The zero-order chi connectivity index (χ0) is 11.9. The van der Waals surface area contributed by atoms with Crippen molar-refractivity contribution in [3.05, 3.63) is 0 Å². The van der Waals surface area contributed by atoms with E-state index in [1.165, 1.54) is 32.4 Å². The lowest BCUT2D eigenvalue weighted by Crippen LogP contribution is -2.49. The first kappa shape index (κ1) is 18.9. The summed E-state index contributed by atoms with van der Waals surface area (Å²) in [6.45, 7) is 6.16. The standard InChI is InChI=1S/C12H23N3O2.2ClH/c16-12(11-10-13-5-9-17-11)14-4-8-15-6-2-1-3-7-15;;/h11,13H,1-10H2,(H,14,16);2*1H. The number of rotatable bonds is 4. The van der Waals surface area contributed by atoms with Crippen LogP contribution in [0.15, 0.2) is 0 Å². The average Bonchev–Trinajstić information content (AvgIpc) is 2.41. The summed E-state index contributed by atoms with van der Waals surface area (Å²) >= 11 is 0. The summed E-state index contributed by atoms with van der Waals surface area (Å²) < 4.78 is 5.39. The number of nitrogens with zero attached hydrogens (tertiary/aromatic N) is 1. The highest BCUT2D eigenvalue weighted by molar-refractivity contribution is 5.85. The molecule has 2 aliphatic rings. The van der Waals surface area contributed by atoms with Gasteiger partial charge in [0.1, 0.15) is 6.10 Å². The molecule has 2 N–H and O–H groups in total. The summed E-state index contributed by atoms with van der Waals surface area (Å²) in [4.78, 5) is 14.2. The first-order valence-electron chi connectivity index (χ1n) is 6.68. The van der Waals surface area contributed by atoms with Gasteiger partial charge in [-0.25, -0.2) is 0 Å². The molecule has 7 heteroatoms. The third-order valence-corrected chi connectivity index (χ3v) is 3.40. The number of hydrogen-bond acceptors (Lipinski definition) is 4. The molecule has 5 nitrogen and oxygen atoms in total. The van der Waals surface area contributed by atoms with Crippen molar-refractivity contribution in [2.24, 2.45) is 0 Å². The van der Waals surface area contributed by atoms with Crippen LogP contribution in [0.1, 0.15) is 19.3 Å². The molecule has 2 saturated heterocycles. The quantitative estimate of drug-likeness (QED) is 0.790. The van der Waals surface area contributed by atoms with E-state index in [-0.39, 0.29) is 36.8 Å². The number of carbonyl (C=O) groups is 1. The topological polar surface area (TPSA) is 53.6 Å². The normalized spacial score (nSPS) is 23.9. The van der Waals surface area contributed by atoms with Crippen molar-refractivity contribution in [1.82, 2.24) is 15.5 Å². The van der Waals surface area contributed by atoms with Crippen LogP contribution in [-0.2, 0) is 9.53 Å². The van der Waals surface area contributed by atoms with E-state index in [4.69, 9.17) is 4.74 Å². The molecule has 0 aromatic heterocycles. The Morgan fingerprint density at radius 1 is 1.26 bits per heavy atom. The number of piperidine rings is 1. The van der Waals surface area contributed by atoms with Crippen LogP contribution in [0.4, 0.5) is 0 Å². The molecule has 1 amide bonds. The molecule has 0 spiro atoms. The van der Waals surface area contributed by atoms with E-state index in [0.717, 1.165) is 19.6 Å². The molecule has 0 bridgehead atoms. The first-order chi connectivity index (χ1) is 8.36. The Bertz CT molecular complexity index is 245. The van der Waals surface area contributed by atoms with E-state index in [1.54, 1.807) is 0 Å². The number of nitrogens with one attached hydrogen (secondary N) is 2. The predicted octanol–water partition coefficient (Wildman–Crippen LogP) is 0.421. The van der Waals surface area contributed by atoms with Gasteiger partial charge in [0.05, 0.1) is 6.61 Å². The fourth-order valence-electron chi connectivity index (χ4n) is 2.37. The molecule has 0 saturated carbocycles. The minimum atomic E-state index is -0.301. The van der Waals surface area contributed by atoms with E-state index in [9.17, 15) is 4.79 Å². The molecule has 2 aliphatic heterocycles. The van der Waals surface area contributed by atoms with Crippen molar-refractivity contribution >= 4 is 30.7 Å². The summed E-state index contributed by atoms with van der Waals surface area (Å²) in [5, 5.41) is 6.11. The van der Waals surface area contributed by atoms with Gasteiger partial charge in [-0.1, -0.05) is 6.42 Å². The van der Waals surface area contributed by atoms with E-state index >= 15 is 0 Å². The molecule has 1 unspecified atom stereocenters. The van der Waals surface area contributed by atoms with Crippen LogP contribution in [0.2, 0.25) is 0 Å². The van der Waals surface area contributed by atoms with Crippen LogP contribution in [0.5, 0.6) is 0 Å². The van der Waals surface area contributed by atoms with Crippen LogP contribution < -0.4 is 10.6 Å². The van der Waals surface area contributed by atoms with Crippen LogP contribution >= 0.6 is 24.8 Å². The number of carbonyl (C=O) groups excluding carboxylic acids is 1. The number of likely N-dealkylation sites (tertiary alicyclic amines) is 1. The third-order valence-electron chi connectivity index (χ3n) is 3.40. The minimum absolute atomic E-state index is 0. The molecule has 2 rings (SSSR count). The van der Waals surface area contributed by atoms with Gasteiger partial charge in [0.2, 0.25) is 0 Å². The lowest BCUT2D eigenvalue weighted by molar-refractivity contribution is -0.134. The van der Waals surface area contributed by atoms with Crippen LogP contribution in [0.3, 0.4) is 0 Å². The van der Waals surface area contributed by atoms with Gasteiger partial charge in [-0.2, -0.15) is 0 Å². The van der Waals surface area contributed by atoms with Crippen LogP contribution in [-0.4, -0.2) is 62.8 Å². The summed E-state index contributed by atoms with van der Waals surface area (Å²) in [6, 6.07) is 0. The average molecular weight is 314 g/mol. The van der Waals surface area contributed by atoms with Gasteiger partial charge >= 0.3 is 0 Å². The lowest BCUT2D eigenvalue weighted by Gasteiger charge is -2.27. The number of ether oxygens (including phenoxy) is 1. The van der Waals surface area contributed by atoms with Gasteiger partial charge in [0.25, 0.3) is 5.91 Å². The van der Waals surface area contributed by atoms with E-state index < -0.39 is 0 Å². The van der Waals surface area contributed by atoms with E-state index in [0.29, 0.717) is 13.2 Å². The van der Waals surface area contributed by atoms with Crippen LogP contribution in [0, 0.1) is 0 Å². The fourth-order valence-corrected chi connectivity index (χ4v) is 2.37. The summed E-state index contributed by atoms with van der Waals surface area (Å²) in [5.74, 6) is 0.0224. The second-order valence-electron chi connectivity index (χ2n) is 4.76. The van der Waals surface area contributed by atoms with Crippen LogP contribution in [0.25, 0.3) is 0 Å². The lowest BCUT2D eigenvalue weighted by atomic mass is 10.1. The van der Waals surface area contributed by atoms with Crippen molar-refractivity contribution in [3.63, 3.8) is 0 Å². The van der Waals surface area contributed by atoms with Gasteiger partial charge in [-0.05, 0) is 25.9 Å². The Kier molecular flexibility index (Phi) is 10.6. The molecule has 2 fully saturated rings. The highest BCUT2D eigenvalue weighted by Gasteiger charge is 2.21. The SMILES string of the molecule is Cl.Cl.O=C(NCCN1CCCCC1)C1CNCCO1. The molecule has 114 valence electrons. The summed E-state index contributed by atoms with van der Waals surface area (Å²) in [7, 11) is 0.